The summed E-state index contributed by atoms with van der Waals surface area (Å²) >= 11 is 1.48. The molecule has 0 aromatic carbocycles. The van der Waals surface area contributed by atoms with Gasteiger partial charge in [-0.05, 0) is 32.3 Å². The van der Waals surface area contributed by atoms with Crippen LogP contribution >= 0.6 is 11.8 Å². The summed E-state index contributed by atoms with van der Waals surface area (Å²) in [6.07, 6.45) is 2.14. The van der Waals surface area contributed by atoms with Crippen molar-refractivity contribution in [3.8, 4) is 0 Å². The largest absolute Gasteiger partial charge is 0.480 e. The average Bonchev–Trinajstić information content (AvgIpc) is 2.33. The molecule has 0 aliphatic heterocycles. The SMILES string of the molecule is CCS(=O)(=O)NC(CCSC)C(=O)N[C@@H](C)C(=O)O. The summed E-state index contributed by atoms with van der Waals surface area (Å²) in [4.78, 5) is 22.5. The fourth-order valence-electron chi connectivity index (χ4n) is 1.16. The van der Waals surface area contributed by atoms with Gasteiger partial charge in [0.1, 0.15) is 12.1 Å². The first-order valence-electron chi connectivity index (χ1n) is 5.75. The van der Waals surface area contributed by atoms with Crippen LogP contribution in [0.5, 0.6) is 0 Å². The van der Waals surface area contributed by atoms with Crippen molar-refractivity contribution in [1.82, 2.24) is 10.0 Å². The van der Waals surface area contributed by atoms with Crippen LogP contribution in [0.4, 0.5) is 0 Å². The molecule has 0 aromatic rings. The van der Waals surface area contributed by atoms with Gasteiger partial charge in [0.2, 0.25) is 15.9 Å². The highest BCUT2D eigenvalue weighted by molar-refractivity contribution is 7.98. The van der Waals surface area contributed by atoms with E-state index in [2.05, 4.69) is 10.0 Å². The van der Waals surface area contributed by atoms with E-state index in [4.69, 9.17) is 5.11 Å². The number of thioether (sulfide) groups is 1. The van der Waals surface area contributed by atoms with E-state index in [1.54, 1.807) is 0 Å². The molecule has 0 spiro atoms. The highest BCUT2D eigenvalue weighted by atomic mass is 32.2. The summed E-state index contributed by atoms with van der Waals surface area (Å²) in [6.45, 7) is 2.78. The molecule has 0 radical (unpaired) electrons. The molecule has 0 fully saturated rings. The normalized spacial score (nSPS) is 14.7. The zero-order valence-electron chi connectivity index (χ0n) is 11.2. The average molecular weight is 312 g/mol. The van der Waals surface area contributed by atoms with Gasteiger partial charge in [-0.2, -0.15) is 11.8 Å². The fraction of sp³-hybridized carbons (Fsp3) is 0.800. The Morgan fingerprint density at radius 2 is 1.95 bits per heavy atom. The number of hydrogen-bond donors (Lipinski definition) is 3. The predicted octanol–water partition coefficient (Wildman–Crippen LogP) is -0.363. The predicted molar refractivity (Wildman–Crippen MR) is 74.6 cm³/mol. The standard InChI is InChI=1S/C10H20N2O5S2/c1-4-19(16,17)12-8(5-6-18-3)9(13)11-7(2)10(14)15/h7-8,12H,4-6H2,1-3H3,(H,11,13)(H,14,15)/t7-,8?/m0/s1. The Hall–Kier alpha value is -0.800. The molecule has 9 heteroatoms. The van der Waals surface area contributed by atoms with Gasteiger partial charge >= 0.3 is 5.97 Å². The van der Waals surface area contributed by atoms with E-state index in [0.717, 1.165) is 0 Å². The van der Waals surface area contributed by atoms with Crippen LogP contribution in [-0.4, -0.2) is 55.2 Å². The lowest BCUT2D eigenvalue weighted by Crippen LogP contribution is -2.51. The summed E-state index contributed by atoms with van der Waals surface area (Å²) in [5.41, 5.74) is 0. The molecule has 0 saturated carbocycles. The fourth-order valence-corrected chi connectivity index (χ4v) is 2.45. The van der Waals surface area contributed by atoms with Crippen molar-refractivity contribution < 1.29 is 23.1 Å². The second-order valence-electron chi connectivity index (χ2n) is 3.92. The van der Waals surface area contributed by atoms with Crippen molar-refractivity contribution in [3.63, 3.8) is 0 Å². The summed E-state index contributed by atoms with van der Waals surface area (Å²) in [5, 5.41) is 11.0. The first-order chi connectivity index (χ1) is 8.73. The minimum atomic E-state index is -3.52. The number of hydrogen-bond acceptors (Lipinski definition) is 5. The molecular weight excluding hydrogens is 292 g/mol. The van der Waals surface area contributed by atoms with Crippen molar-refractivity contribution >= 4 is 33.7 Å². The molecule has 2 atom stereocenters. The highest BCUT2D eigenvalue weighted by Crippen LogP contribution is 2.03. The molecule has 1 unspecified atom stereocenters. The van der Waals surface area contributed by atoms with E-state index >= 15 is 0 Å². The maximum atomic E-state index is 11.8. The Kier molecular flexibility index (Phi) is 8.03. The van der Waals surface area contributed by atoms with Crippen LogP contribution < -0.4 is 10.0 Å². The minimum Gasteiger partial charge on any atom is -0.480 e. The molecule has 0 aromatic heterocycles. The molecule has 7 nitrogen and oxygen atoms in total. The zero-order chi connectivity index (χ0) is 15.1. The molecule has 0 aliphatic carbocycles. The number of carboxylic acid groups (broad SMARTS) is 1. The van der Waals surface area contributed by atoms with E-state index in [-0.39, 0.29) is 5.75 Å². The van der Waals surface area contributed by atoms with E-state index < -0.39 is 34.0 Å². The van der Waals surface area contributed by atoms with E-state index in [1.807, 2.05) is 6.26 Å². The van der Waals surface area contributed by atoms with Crippen molar-refractivity contribution in [1.29, 1.82) is 0 Å². The van der Waals surface area contributed by atoms with E-state index in [9.17, 15) is 18.0 Å². The lowest BCUT2D eigenvalue weighted by atomic mass is 10.2. The number of sulfonamides is 1. The van der Waals surface area contributed by atoms with Gasteiger partial charge in [0.15, 0.2) is 0 Å². The number of carbonyl (C=O) groups is 2. The van der Waals surface area contributed by atoms with Gasteiger partial charge in [0, 0.05) is 0 Å². The van der Waals surface area contributed by atoms with Gasteiger partial charge in [-0.25, -0.2) is 13.1 Å². The van der Waals surface area contributed by atoms with Crippen molar-refractivity contribution in [2.45, 2.75) is 32.4 Å². The van der Waals surface area contributed by atoms with E-state index in [0.29, 0.717) is 12.2 Å². The third-order valence-corrected chi connectivity index (χ3v) is 4.41. The molecule has 19 heavy (non-hydrogen) atoms. The Labute approximate surface area is 117 Å². The first-order valence-corrected chi connectivity index (χ1v) is 8.80. The van der Waals surface area contributed by atoms with Crippen LogP contribution in [0, 0.1) is 0 Å². The Balaban J connectivity index is 4.74. The number of rotatable bonds is 9. The summed E-state index contributed by atoms with van der Waals surface area (Å²) in [7, 11) is -3.52. The highest BCUT2D eigenvalue weighted by Gasteiger charge is 2.25. The topological polar surface area (TPSA) is 113 Å². The number of carboxylic acids is 1. The van der Waals surface area contributed by atoms with Gasteiger partial charge in [-0.15, -0.1) is 0 Å². The van der Waals surface area contributed by atoms with Crippen LogP contribution in [0.3, 0.4) is 0 Å². The smallest absolute Gasteiger partial charge is 0.325 e. The second kappa shape index (κ2) is 8.39. The zero-order valence-corrected chi connectivity index (χ0v) is 12.8. The second-order valence-corrected chi connectivity index (χ2v) is 6.95. The number of amides is 1. The van der Waals surface area contributed by atoms with Crippen LogP contribution in [0.25, 0.3) is 0 Å². The molecule has 0 bridgehead atoms. The lowest BCUT2D eigenvalue weighted by Gasteiger charge is -2.19. The summed E-state index contributed by atoms with van der Waals surface area (Å²) in [6, 6.07) is -2.00. The molecule has 0 aliphatic rings. The Morgan fingerprint density at radius 1 is 1.37 bits per heavy atom. The summed E-state index contributed by atoms with van der Waals surface area (Å²) < 4.78 is 25.2. The number of nitrogens with one attached hydrogen (secondary N) is 2. The van der Waals surface area contributed by atoms with Gasteiger partial charge in [-0.3, -0.25) is 9.59 Å². The Bertz CT molecular complexity index is 410. The van der Waals surface area contributed by atoms with Crippen LogP contribution in [0.1, 0.15) is 20.3 Å². The third kappa shape index (κ3) is 7.38. The van der Waals surface area contributed by atoms with Crippen molar-refractivity contribution in [3.05, 3.63) is 0 Å². The maximum absolute atomic E-state index is 11.8. The first kappa shape index (κ1) is 18.2. The monoisotopic (exact) mass is 312 g/mol. The van der Waals surface area contributed by atoms with Gasteiger partial charge < -0.3 is 10.4 Å². The summed E-state index contributed by atoms with van der Waals surface area (Å²) in [5.74, 6) is -1.34. The van der Waals surface area contributed by atoms with Gasteiger partial charge in [0.25, 0.3) is 0 Å². The van der Waals surface area contributed by atoms with Gasteiger partial charge in [-0.1, -0.05) is 0 Å². The molecule has 0 rings (SSSR count). The molecule has 0 saturated heterocycles. The van der Waals surface area contributed by atoms with Crippen LogP contribution in [0.15, 0.2) is 0 Å². The van der Waals surface area contributed by atoms with Gasteiger partial charge in [0.05, 0.1) is 5.75 Å². The quantitative estimate of drug-likeness (QED) is 0.536. The molecule has 0 heterocycles. The van der Waals surface area contributed by atoms with E-state index in [1.165, 1.54) is 25.6 Å². The molecule has 1 amide bonds. The lowest BCUT2D eigenvalue weighted by molar-refractivity contribution is -0.141. The maximum Gasteiger partial charge on any atom is 0.325 e. The molecule has 3 N–H and O–H groups in total. The Morgan fingerprint density at radius 3 is 2.37 bits per heavy atom. The third-order valence-electron chi connectivity index (χ3n) is 2.36. The van der Waals surface area contributed by atoms with Crippen LogP contribution in [0.2, 0.25) is 0 Å². The number of carbonyl (C=O) groups excluding carboxylic acids is 1. The molecule has 112 valence electrons. The van der Waals surface area contributed by atoms with Crippen molar-refractivity contribution in [2.75, 3.05) is 17.8 Å². The number of aliphatic carboxylic acids is 1. The van der Waals surface area contributed by atoms with Crippen molar-refractivity contribution in [2.24, 2.45) is 0 Å². The minimum absolute atomic E-state index is 0.134. The molecular formula is C10H20N2O5S2. The van der Waals surface area contributed by atoms with Crippen LogP contribution in [-0.2, 0) is 19.6 Å².